The number of amides is 1. The smallest absolute Gasteiger partial charge is 0.356 e. The number of anilines is 2. The predicted octanol–water partition coefficient (Wildman–Crippen LogP) is 4.57. The zero-order chi connectivity index (χ0) is 27.7. The van der Waals surface area contributed by atoms with Gasteiger partial charge in [0.05, 0.1) is 22.8 Å². The summed E-state index contributed by atoms with van der Waals surface area (Å²) in [5.74, 6) is -0.307. The molecular weight excluding hydrogens is 518 g/mol. The minimum absolute atomic E-state index is 0.0937. The maximum atomic E-state index is 12.9. The van der Waals surface area contributed by atoms with E-state index in [0.29, 0.717) is 48.7 Å². The summed E-state index contributed by atoms with van der Waals surface area (Å²) in [6, 6.07) is 8.83. The Labute approximate surface area is 231 Å². The van der Waals surface area contributed by atoms with Crippen molar-refractivity contribution in [2.45, 2.75) is 45.6 Å². The summed E-state index contributed by atoms with van der Waals surface area (Å²) in [7, 11) is 0. The third-order valence-corrected chi connectivity index (χ3v) is 7.74. The van der Waals surface area contributed by atoms with Crippen molar-refractivity contribution < 1.29 is 14.7 Å². The number of aromatic carboxylic acids is 1. The lowest BCUT2D eigenvalue weighted by Gasteiger charge is -2.36. The fourth-order valence-electron chi connectivity index (χ4n) is 5.54. The van der Waals surface area contributed by atoms with E-state index in [1.165, 1.54) is 6.07 Å². The Morgan fingerprint density at radius 1 is 1.13 bits per heavy atom. The van der Waals surface area contributed by atoms with Crippen LogP contribution in [0.1, 0.15) is 66.0 Å². The van der Waals surface area contributed by atoms with Crippen molar-refractivity contribution in [3.63, 3.8) is 0 Å². The molecule has 0 radical (unpaired) electrons. The van der Waals surface area contributed by atoms with Crippen molar-refractivity contribution in [2.24, 2.45) is 5.92 Å². The molecule has 1 amide bonds. The summed E-state index contributed by atoms with van der Waals surface area (Å²) < 4.78 is 0. The minimum atomic E-state index is -1.19. The number of nitrogens with one attached hydrogen (secondary N) is 1. The zero-order valence-corrected chi connectivity index (χ0v) is 22.7. The lowest BCUT2D eigenvalue weighted by Crippen LogP contribution is -2.50. The second-order valence-corrected chi connectivity index (χ2v) is 10.6. The lowest BCUT2D eigenvalue weighted by molar-refractivity contribution is -0.135. The number of aryl methyl sites for hydroxylation is 1. The average Bonchev–Trinajstić information content (AvgIpc) is 3.47. The third-order valence-electron chi connectivity index (χ3n) is 7.53. The Balaban J connectivity index is 1.45. The molecule has 1 aliphatic heterocycles. The molecule has 3 aromatic rings. The van der Waals surface area contributed by atoms with E-state index in [2.05, 4.69) is 21.4 Å². The van der Waals surface area contributed by atoms with Gasteiger partial charge in [-0.05, 0) is 50.5 Å². The number of fused-ring (bicyclic) bond motifs is 1. The topological polar surface area (TPSA) is 135 Å². The molecule has 2 aliphatic rings. The number of carbonyl (C=O) groups is 2. The molecule has 10 nitrogen and oxygen atoms in total. The van der Waals surface area contributed by atoms with Crippen molar-refractivity contribution in [2.75, 3.05) is 36.4 Å². The van der Waals surface area contributed by atoms with Gasteiger partial charge in [0.2, 0.25) is 5.91 Å². The van der Waals surface area contributed by atoms with Gasteiger partial charge in [0.25, 0.3) is 0 Å². The Morgan fingerprint density at radius 3 is 2.51 bits per heavy atom. The van der Waals surface area contributed by atoms with E-state index < -0.39 is 5.97 Å². The molecular formula is C28H30ClN7O3. The number of carboxylic acids is 1. The van der Waals surface area contributed by atoms with Crippen LogP contribution in [0.5, 0.6) is 0 Å². The monoisotopic (exact) mass is 547 g/mol. The fourth-order valence-corrected chi connectivity index (χ4v) is 5.69. The molecule has 1 saturated heterocycles. The summed E-state index contributed by atoms with van der Waals surface area (Å²) in [4.78, 5) is 42.1. The van der Waals surface area contributed by atoms with Gasteiger partial charge in [-0.15, -0.1) is 0 Å². The number of benzene rings is 1. The highest BCUT2D eigenvalue weighted by Gasteiger charge is 2.31. The predicted molar refractivity (Wildman–Crippen MR) is 148 cm³/mol. The molecule has 1 atom stereocenters. The zero-order valence-electron chi connectivity index (χ0n) is 21.9. The first kappa shape index (κ1) is 26.6. The second kappa shape index (κ2) is 11.0. The minimum Gasteiger partial charge on any atom is -0.476 e. The maximum Gasteiger partial charge on any atom is 0.356 e. The van der Waals surface area contributed by atoms with Crippen molar-refractivity contribution in [3.8, 4) is 6.07 Å². The molecule has 0 bridgehead atoms. The van der Waals surface area contributed by atoms with Crippen LogP contribution < -0.4 is 10.2 Å². The molecule has 5 rings (SSSR count). The van der Waals surface area contributed by atoms with Gasteiger partial charge in [0, 0.05) is 37.7 Å². The SMILES string of the molecule is Cc1cc([C@@H](C)Nc2ccc(Cl)nc2C(=O)O)c2nc(N3CCN(C(=O)C4CCCC4)CC3)c(C#N)nc2c1. The number of pyridine rings is 1. The molecule has 2 fully saturated rings. The van der Waals surface area contributed by atoms with Gasteiger partial charge in [-0.3, -0.25) is 4.79 Å². The molecule has 1 saturated carbocycles. The van der Waals surface area contributed by atoms with Crippen LogP contribution in [0.4, 0.5) is 11.5 Å². The molecule has 1 aromatic carbocycles. The summed E-state index contributed by atoms with van der Waals surface area (Å²) >= 11 is 5.92. The summed E-state index contributed by atoms with van der Waals surface area (Å²) in [5.41, 5.74) is 3.35. The summed E-state index contributed by atoms with van der Waals surface area (Å²) in [6.45, 7) is 6.15. The van der Waals surface area contributed by atoms with Gasteiger partial charge in [-0.25, -0.2) is 19.7 Å². The second-order valence-electron chi connectivity index (χ2n) is 10.2. The number of halogens is 1. The number of carbonyl (C=O) groups excluding carboxylic acids is 1. The van der Waals surface area contributed by atoms with Crippen LogP contribution in [-0.4, -0.2) is 63.0 Å². The van der Waals surface area contributed by atoms with Crippen LogP contribution >= 0.6 is 11.6 Å². The largest absolute Gasteiger partial charge is 0.476 e. The first-order valence-corrected chi connectivity index (χ1v) is 13.6. The first-order chi connectivity index (χ1) is 18.7. The van der Waals surface area contributed by atoms with Gasteiger partial charge >= 0.3 is 5.97 Å². The molecule has 0 spiro atoms. The van der Waals surface area contributed by atoms with Gasteiger partial charge in [-0.1, -0.05) is 30.5 Å². The standard InChI is InChI=1S/C28H30ClN7O3/c1-16-13-19(17(2)31-20-7-8-23(29)33-25(20)28(38)39)24-21(14-16)32-22(15-30)26(34-24)35-9-11-36(12-10-35)27(37)18-5-3-4-6-18/h7-8,13-14,17-18,31H,3-6,9-12H2,1-2H3,(H,38,39)/t17-/m1/s1. The summed E-state index contributed by atoms with van der Waals surface area (Å²) in [5, 5.41) is 22.8. The molecule has 3 heterocycles. The Morgan fingerprint density at radius 2 is 1.85 bits per heavy atom. The van der Waals surface area contributed by atoms with Crippen molar-refractivity contribution in [1.29, 1.82) is 5.26 Å². The highest BCUT2D eigenvalue weighted by atomic mass is 35.5. The van der Waals surface area contributed by atoms with E-state index in [1.807, 2.05) is 35.8 Å². The highest BCUT2D eigenvalue weighted by Crippen LogP contribution is 2.31. The number of nitriles is 1. The third kappa shape index (κ3) is 5.45. The number of hydrogen-bond acceptors (Lipinski definition) is 8. The fraction of sp³-hybridized carbons (Fsp3) is 0.429. The van der Waals surface area contributed by atoms with Gasteiger partial charge in [0.1, 0.15) is 11.2 Å². The molecule has 202 valence electrons. The van der Waals surface area contributed by atoms with Crippen LogP contribution in [-0.2, 0) is 4.79 Å². The van der Waals surface area contributed by atoms with Crippen LogP contribution in [0.15, 0.2) is 24.3 Å². The number of carboxylic acid groups (broad SMARTS) is 1. The maximum absolute atomic E-state index is 12.9. The number of aromatic nitrogens is 3. The Kier molecular flexibility index (Phi) is 7.53. The van der Waals surface area contributed by atoms with Crippen LogP contribution in [0, 0.1) is 24.2 Å². The van der Waals surface area contributed by atoms with Crippen LogP contribution in [0.25, 0.3) is 11.0 Å². The van der Waals surface area contributed by atoms with Crippen molar-refractivity contribution >= 4 is 46.0 Å². The number of piperazine rings is 1. The first-order valence-electron chi connectivity index (χ1n) is 13.2. The van der Waals surface area contributed by atoms with Gasteiger partial charge in [-0.2, -0.15) is 5.26 Å². The number of hydrogen-bond donors (Lipinski definition) is 2. The molecule has 2 N–H and O–H groups in total. The van der Waals surface area contributed by atoms with E-state index in [9.17, 15) is 20.0 Å². The quantitative estimate of drug-likeness (QED) is 0.425. The highest BCUT2D eigenvalue weighted by molar-refractivity contribution is 6.29. The molecule has 2 aromatic heterocycles. The van der Waals surface area contributed by atoms with E-state index in [-0.39, 0.29) is 34.4 Å². The summed E-state index contributed by atoms with van der Waals surface area (Å²) in [6.07, 6.45) is 4.19. The number of nitrogens with zero attached hydrogens (tertiary/aromatic N) is 6. The van der Waals surface area contributed by atoms with Gasteiger partial charge < -0.3 is 20.2 Å². The van der Waals surface area contributed by atoms with Crippen molar-refractivity contribution in [3.05, 3.63) is 51.9 Å². The van der Waals surface area contributed by atoms with E-state index in [0.717, 1.165) is 36.8 Å². The lowest BCUT2D eigenvalue weighted by atomic mass is 10.0. The molecule has 1 aliphatic carbocycles. The van der Waals surface area contributed by atoms with Crippen LogP contribution in [0.3, 0.4) is 0 Å². The van der Waals surface area contributed by atoms with E-state index >= 15 is 0 Å². The van der Waals surface area contributed by atoms with Crippen molar-refractivity contribution in [1.82, 2.24) is 19.9 Å². The molecule has 0 unspecified atom stereocenters. The molecule has 39 heavy (non-hydrogen) atoms. The Bertz CT molecular complexity index is 1470. The van der Waals surface area contributed by atoms with Crippen LogP contribution in [0.2, 0.25) is 5.15 Å². The van der Waals surface area contributed by atoms with E-state index in [4.69, 9.17) is 16.6 Å². The Hall–Kier alpha value is -3.97. The average molecular weight is 548 g/mol. The normalized spacial score (nSPS) is 16.8. The number of rotatable bonds is 6. The van der Waals surface area contributed by atoms with Gasteiger partial charge in [0.15, 0.2) is 17.2 Å². The molecule has 11 heteroatoms. The van der Waals surface area contributed by atoms with E-state index in [1.54, 1.807) is 6.07 Å².